The summed E-state index contributed by atoms with van der Waals surface area (Å²) in [5, 5.41) is 0. The van der Waals surface area contributed by atoms with Crippen LogP contribution in [0.15, 0.2) is 22.0 Å². The zero-order valence-electron chi connectivity index (χ0n) is 11.9. The number of rotatable bonds is 6. The summed E-state index contributed by atoms with van der Waals surface area (Å²) in [6, 6.07) is -1.90. The molecule has 0 saturated carbocycles. The molecule has 0 radical (unpaired) electrons. The van der Waals surface area contributed by atoms with Gasteiger partial charge in [0, 0.05) is 18.0 Å². The van der Waals surface area contributed by atoms with Crippen LogP contribution in [0.2, 0.25) is 0 Å². The molecule has 1 aliphatic rings. The Kier molecular flexibility index (Phi) is 5.65. The molecule has 0 bridgehead atoms. The molecular formula is C13H20F3N3O. The number of alkyl halides is 3. The van der Waals surface area contributed by atoms with Gasteiger partial charge in [0.2, 0.25) is 0 Å². The van der Waals surface area contributed by atoms with Gasteiger partial charge in [0.1, 0.15) is 12.3 Å². The van der Waals surface area contributed by atoms with Crippen molar-refractivity contribution in [2.24, 2.45) is 10.7 Å². The van der Waals surface area contributed by atoms with E-state index in [0.717, 1.165) is 0 Å². The summed E-state index contributed by atoms with van der Waals surface area (Å²) in [5.41, 5.74) is 5.80. The van der Waals surface area contributed by atoms with Gasteiger partial charge in [-0.05, 0) is 20.5 Å². The van der Waals surface area contributed by atoms with E-state index in [1.54, 1.807) is 6.92 Å². The molecule has 0 aromatic carbocycles. The second-order valence-electron chi connectivity index (χ2n) is 4.85. The maximum Gasteiger partial charge on any atom is 0.415 e. The normalized spacial score (nSPS) is 19.6. The summed E-state index contributed by atoms with van der Waals surface area (Å²) >= 11 is 0. The molecular weight excluding hydrogens is 271 g/mol. The third-order valence-corrected chi connectivity index (χ3v) is 2.79. The first-order valence-electron chi connectivity index (χ1n) is 6.43. The van der Waals surface area contributed by atoms with Crippen LogP contribution < -0.4 is 5.73 Å². The number of ether oxygens (including phenoxy) is 1. The van der Waals surface area contributed by atoms with Gasteiger partial charge in [-0.2, -0.15) is 13.2 Å². The molecule has 0 saturated heterocycles. The van der Waals surface area contributed by atoms with Crippen LogP contribution in [0.5, 0.6) is 0 Å². The monoisotopic (exact) mass is 291 g/mol. The second kappa shape index (κ2) is 6.81. The van der Waals surface area contributed by atoms with Gasteiger partial charge in [0.25, 0.3) is 0 Å². The Morgan fingerprint density at radius 1 is 1.40 bits per heavy atom. The van der Waals surface area contributed by atoms with Crippen molar-refractivity contribution in [3.63, 3.8) is 0 Å². The van der Waals surface area contributed by atoms with Crippen molar-refractivity contribution in [2.75, 3.05) is 27.2 Å². The van der Waals surface area contributed by atoms with Crippen LogP contribution in [-0.2, 0) is 4.74 Å². The molecule has 0 aromatic rings. The van der Waals surface area contributed by atoms with E-state index in [4.69, 9.17) is 10.5 Å². The van der Waals surface area contributed by atoms with E-state index in [0.29, 0.717) is 13.0 Å². The fraction of sp³-hybridized carbons (Fsp3) is 0.692. The topological polar surface area (TPSA) is 50.9 Å². The largest absolute Gasteiger partial charge is 0.489 e. The Morgan fingerprint density at radius 2 is 2.05 bits per heavy atom. The van der Waals surface area contributed by atoms with Crippen LogP contribution >= 0.6 is 0 Å². The Bertz CT molecular complexity index is 435. The van der Waals surface area contributed by atoms with E-state index in [1.807, 2.05) is 19.0 Å². The van der Waals surface area contributed by atoms with E-state index in [1.165, 1.54) is 0 Å². The average Bonchev–Trinajstić information content (AvgIpc) is 2.31. The first kappa shape index (κ1) is 16.6. The highest BCUT2D eigenvalue weighted by Gasteiger charge is 2.44. The van der Waals surface area contributed by atoms with Crippen molar-refractivity contribution in [1.29, 1.82) is 0 Å². The molecule has 1 heterocycles. The van der Waals surface area contributed by atoms with Crippen LogP contribution in [0.4, 0.5) is 13.2 Å². The lowest BCUT2D eigenvalue weighted by Crippen LogP contribution is -2.33. The van der Waals surface area contributed by atoms with E-state index >= 15 is 0 Å². The average molecular weight is 291 g/mol. The van der Waals surface area contributed by atoms with E-state index in [9.17, 15) is 13.2 Å². The zero-order chi connectivity index (χ0) is 15.3. The van der Waals surface area contributed by atoms with E-state index < -0.39 is 12.2 Å². The second-order valence-corrected chi connectivity index (χ2v) is 4.85. The lowest BCUT2D eigenvalue weighted by Gasteiger charge is -2.25. The molecule has 0 aromatic heterocycles. The third kappa shape index (κ3) is 4.28. The quantitative estimate of drug-likeness (QED) is 0.815. The van der Waals surface area contributed by atoms with E-state index in [2.05, 4.69) is 10.9 Å². The molecule has 0 fully saturated rings. The van der Waals surface area contributed by atoms with Gasteiger partial charge >= 0.3 is 6.18 Å². The van der Waals surface area contributed by atoms with Crippen molar-refractivity contribution in [3.05, 3.63) is 17.0 Å². The van der Waals surface area contributed by atoms with Crippen LogP contribution in [0.1, 0.15) is 19.8 Å². The smallest absolute Gasteiger partial charge is 0.415 e. The fourth-order valence-electron chi connectivity index (χ4n) is 1.85. The number of hydrogen-bond donors (Lipinski definition) is 1. The number of hydrogen-bond acceptors (Lipinski definition) is 4. The summed E-state index contributed by atoms with van der Waals surface area (Å²) in [5.74, 6) is 2.31. The molecule has 1 atom stereocenters. The molecule has 20 heavy (non-hydrogen) atoms. The molecule has 1 aliphatic heterocycles. The molecule has 1 rings (SSSR count). The fourth-order valence-corrected chi connectivity index (χ4v) is 1.85. The van der Waals surface area contributed by atoms with E-state index in [-0.39, 0.29) is 30.1 Å². The van der Waals surface area contributed by atoms with Crippen LogP contribution in [0, 0.1) is 0 Å². The van der Waals surface area contributed by atoms with Crippen molar-refractivity contribution in [3.8, 4) is 0 Å². The van der Waals surface area contributed by atoms with Gasteiger partial charge < -0.3 is 15.4 Å². The maximum absolute atomic E-state index is 13.0. The first-order chi connectivity index (χ1) is 9.27. The molecule has 7 heteroatoms. The van der Waals surface area contributed by atoms with Gasteiger partial charge in [-0.25, -0.2) is 4.99 Å². The number of nitrogens with two attached hydrogens (primary N) is 1. The highest BCUT2D eigenvalue weighted by molar-refractivity contribution is 5.66. The van der Waals surface area contributed by atoms with Gasteiger partial charge in [0.15, 0.2) is 11.8 Å². The highest BCUT2D eigenvalue weighted by Crippen LogP contribution is 2.34. The molecule has 0 spiro atoms. The summed E-state index contributed by atoms with van der Waals surface area (Å²) in [6.07, 6.45) is -3.65. The Labute approximate surface area is 116 Å². The predicted molar refractivity (Wildman–Crippen MR) is 71.4 cm³/mol. The zero-order valence-corrected chi connectivity index (χ0v) is 11.9. The minimum absolute atomic E-state index is 0.0349. The van der Waals surface area contributed by atoms with Crippen molar-refractivity contribution < 1.29 is 17.9 Å². The SMILES string of the molecule is CCCC1=C(OCCN(C)C)C(N)=C=NC1C(F)(F)F. The molecule has 0 amide bonds. The van der Waals surface area contributed by atoms with Crippen molar-refractivity contribution >= 4 is 5.87 Å². The molecule has 1 unspecified atom stereocenters. The number of nitrogens with zero attached hydrogens (tertiary/aromatic N) is 2. The number of aliphatic imine (C=N–C) groups is 1. The highest BCUT2D eigenvalue weighted by atomic mass is 19.4. The summed E-state index contributed by atoms with van der Waals surface area (Å²) in [4.78, 5) is 5.26. The lowest BCUT2D eigenvalue weighted by molar-refractivity contribution is -0.139. The summed E-state index contributed by atoms with van der Waals surface area (Å²) in [6.45, 7) is 2.66. The van der Waals surface area contributed by atoms with Gasteiger partial charge in [-0.15, -0.1) is 0 Å². The Balaban J connectivity index is 3.02. The minimum atomic E-state index is -4.45. The van der Waals surface area contributed by atoms with Gasteiger partial charge in [-0.1, -0.05) is 13.3 Å². The van der Waals surface area contributed by atoms with Crippen molar-refractivity contribution in [1.82, 2.24) is 4.90 Å². The molecule has 114 valence electrons. The lowest BCUT2D eigenvalue weighted by atomic mass is 9.98. The molecule has 2 N–H and O–H groups in total. The Hall–Kier alpha value is -1.46. The molecule has 0 aliphatic carbocycles. The van der Waals surface area contributed by atoms with Crippen LogP contribution in [-0.4, -0.2) is 50.2 Å². The summed E-state index contributed by atoms with van der Waals surface area (Å²) in [7, 11) is 3.70. The standard InChI is InChI=1S/C13H20F3N3O/c1-4-5-9-11(20-7-6-19(2)3)10(17)8-18-12(9)13(14,15)16/h12H,4-7,17H2,1-3H3. The third-order valence-electron chi connectivity index (χ3n) is 2.79. The van der Waals surface area contributed by atoms with Gasteiger partial charge in [0.05, 0.1) is 0 Å². The number of halogens is 3. The maximum atomic E-state index is 13.0. The number of likely N-dealkylation sites (N-methyl/N-ethyl adjacent to an activating group) is 1. The molecule has 4 nitrogen and oxygen atoms in total. The summed E-state index contributed by atoms with van der Waals surface area (Å²) < 4.78 is 44.4. The van der Waals surface area contributed by atoms with Gasteiger partial charge in [-0.3, -0.25) is 0 Å². The van der Waals surface area contributed by atoms with Crippen LogP contribution in [0.3, 0.4) is 0 Å². The first-order valence-corrected chi connectivity index (χ1v) is 6.43. The predicted octanol–water partition coefficient (Wildman–Crippen LogP) is 2.08. The van der Waals surface area contributed by atoms with Crippen LogP contribution in [0.25, 0.3) is 0 Å². The minimum Gasteiger partial charge on any atom is -0.489 e. The Morgan fingerprint density at radius 3 is 2.55 bits per heavy atom. The van der Waals surface area contributed by atoms with Crippen molar-refractivity contribution in [2.45, 2.75) is 32.0 Å².